The first-order valence-corrected chi connectivity index (χ1v) is 8.93. The molecule has 2 aliphatic heterocycles. The van der Waals surface area contributed by atoms with E-state index in [1.165, 1.54) is 5.56 Å². The number of carbonyl (C=O) groups is 1. The molecule has 2 unspecified atom stereocenters. The summed E-state index contributed by atoms with van der Waals surface area (Å²) in [5, 5.41) is 6.20. The monoisotopic (exact) mass is 393 g/mol. The predicted octanol–water partition coefficient (Wildman–Crippen LogP) is 1.51. The maximum Gasteiger partial charge on any atom is 0.238 e. The van der Waals surface area contributed by atoms with E-state index in [9.17, 15) is 4.79 Å². The van der Waals surface area contributed by atoms with Gasteiger partial charge in [0.2, 0.25) is 5.91 Å². The highest BCUT2D eigenvalue weighted by Gasteiger charge is 2.25. The van der Waals surface area contributed by atoms with E-state index in [-0.39, 0.29) is 42.9 Å². The van der Waals surface area contributed by atoms with Crippen LogP contribution < -0.4 is 10.6 Å². The van der Waals surface area contributed by atoms with Gasteiger partial charge in [0.05, 0.1) is 18.8 Å². The van der Waals surface area contributed by atoms with Gasteiger partial charge in [-0.05, 0) is 5.56 Å². The lowest BCUT2D eigenvalue weighted by atomic mass is 10.2. The average molecular weight is 394 g/mol. The van der Waals surface area contributed by atoms with Gasteiger partial charge in [0.25, 0.3) is 0 Å². The molecule has 2 heterocycles. The summed E-state index contributed by atoms with van der Waals surface area (Å²) in [6.45, 7) is 4.06. The third-order valence-electron chi connectivity index (χ3n) is 4.01. The molecule has 1 aromatic rings. The van der Waals surface area contributed by atoms with Gasteiger partial charge in [-0.25, -0.2) is 0 Å². The normalized spacial score (nSPS) is 23.8. The second-order valence-electron chi connectivity index (χ2n) is 5.73. The van der Waals surface area contributed by atoms with Gasteiger partial charge in [-0.2, -0.15) is 0 Å². The molecule has 2 saturated heterocycles. The number of halogens is 2. The highest BCUT2D eigenvalue weighted by atomic mass is 35.5. The summed E-state index contributed by atoms with van der Waals surface area (Å²) in [7, 11) is 0. The number of nitrogens with zero attached hydrogens (tertiary/aromatic N) is 1. The predicted molar refractivity (Wildman–Crippen MR) is 103 cm³/mol. The summed E-state index contributed by atoms with van der Waals surface area (Å²) in [5.41, 5.74) is 1.32. The minimum atomic E-state index is -0.0472. The summed E-state index contributed by atoms with van der Waals surface area (Å²) in [4.78, 5) is 14.4. The quantitative estimate of drug-likeness (QED) is 0.793. The fourth-order valence-corrected chi connectivity index (χ4v) is 3.73. The molecule has 0 saturated carbocycles. The lowest BCUT2D eigenvalue weighted by Gasteiger charge is -2.33. The average Bonchev–Trinajstić information content (AvgIpc) is 3.08. The molecule has 0 radical (unpaired) electrons. The smallest absolute Gasteiger partial charge is 0.238 e. The summed E-state index contributed by atoms with van der Waals surface area (Å²) < 4.78 is 5.78. The Bertz CT molecular complexity index is 489. The van der Waals surface area contributed by atoms with Gasteiger partial charge in [-0.15, -0.1) is 36.6 Å². The lowest BCUT2D eigenvalue weighted by molar-refractivity contribution is -0.123. The van der Waals surface area contributed by atoms with Crippen molar-refractivity contribution in [2.24, 2.45) is 0 Å². The van der Waals surface area contributed by atoms with Crippen molar-refractivity contribution in [1.82, 2.24) is 15.5 Å². The third kappa shape index (κ3) is 6.43. The largest absolute Gasteiger partial charge is 0.374 e. The van der Waals surface area contributed by atoms with Crippen LogP contribution in [-0.4, -0.2) is 60.8 Å². The van der Waals surface area contributed by atoms with Crippen LogP contribution in [0.5, 0.6) is 0 Å². The maximum atomic E-state index is 12.0. The molecule has 1 aromatic carbocycles. The van der Waals surface area contributed by atoms with Gasteiger partial charge in [0.15, 0.2) is 0 Å². The Morgan fingerprint density at radius 3 is 2.83 bits per heavy atom. The van der Waals surface area contributed by atoms with E-state index in [1.54, 1.807) is 11.8 Å². The van der Waals surface area contributed by atoms with Gasteiger partial charge in [0, 0.05) is 37.8 Å². The van der Waals surface area contributed by atoms with Crippen molar-refractivity contribution in [1.29, 1.82) is 0 Å². The minimum absolute atomic E-state index is 0. The summed E-state index contributed by atoms with van der Waals surface area (Å²) in [5.74, 6) is 1.81. The summed E-state index contributed by atoms with van der Waals surface area (Å²) >= 11 is 1.76. The van der Waals surface area contributed by atoms with Crippen LogP contribution >= 0.6 is 36.6 Å². The van der Waals surface area contributed by atoms with Gasteiger partial charge >= 0.3 is 0 Å². The lowest BCUT2D eigenvalue weighted by Crippen LogP contribution is -2.50. The number of thioether (sulfide) groups is 1. The summed E-state index contributed by atoms with van der Waals surface area (Å²) in [6.07, 6.45) is 0.0791. The van der Waals surface area contributed by atoms with Crippen LogP contribution in [0.1, 0.15) is 5.56 Å². The van der Waals surface area contributed by atoms with Crippen LogP contribution in [0.3, 0.4) is 0 Å². The molecule has 0 bridgehead atoms. The Morgan fingerprint density at radius 2 is 2.12 bits per heavy atom. The molecular weight excluding hydrogens is 369 g/mol. The number of morpholine rings is 1. The first-order chi connectivity index (χ1) is 10.8. The Kier molecular flexibility index (Phi) is 10.0. The van der Waals surface area contributed by atoms with Gasteiger partial charge in [0.1, 0.15) is 0 Å². The zero-order valence-corrected chi connectivity index (χ0v) is 15.9. The number of carbonyl (C=O) groups excluding carboxylic acids is 1. The molecule has 3 rings (SSSR count). The highest BCUT2D eigenvalue weighted by Crippen LogP contribution is 2.11. The zero-order chi connectivity index (χ0) is 15.2. The number of hydrogen-bond acceptors (Lipinski definition) is 5. The molecule has 1 amide bonds. The second-order valence-corrected chi connectivity index (χ2v) is 6.76. The van der Waals surface area contributed by atoms with Crippen molar-refractivity contribution in [3.63, 3.8) is 0 Å². The van der Waals surface area contributed by atoms with Crippen molar-refractivity contribution in [2.45, 2.75) is 18.7 Å². The van der Waals surface area contributed by atoms with Crippen LogP contribution in [0, 0.1) is 0 Å². The molecule has 136 valence electrons. The summed E-state index contributed by atoms with van der Waals surface area (Å²) in [6, 6.07) is 10.4. The third-order valence-corrected chi connectivity index (χ3v) is 4.95. The van der Waals surface area contributed by atoms with Crippen LogP contribution in [0.2, 0.25) is 0 Å². The first-order valence-electron chi connectivity index (χ1n) is 7.78. The van der Waals surface area contributed by atoms with Gasteiger partial charge < -0.3 is 10.1 Å². The van der Waals surface area contributed by atoms with E-state index in [1.807, 2.05) is 6.07 Å². The molecule has 0 aliphatic carbocycles. The number of hydrogen-bond donors (Lipinski definition) is 2. The molecule has 5 nitrogen and oxygen atoms in total. The van der Waals surface area contributed by atoms with E-state index < -0.39 is 0 Å². The molecular formula is C16H25Cl2N3O2S. The van der Waals surface area contributed by atoms with E-state index >= 15 is 0 Å². The molecule has 2 fully saturated rings. The molecule has 2 aliphatic rings. The SMILES string of the molecule is Cl.Cl.O=C(NCC1CN(Cc2ccccc2)CCO1)C1CSCN1. The van der Waals surface area contributed by atoms with Crippen molar-refractivity contribution in [3.05, 3.63) is 35.9 Å². The molecule has 2 atom stereocenters. The Hall–Kier alpha value is -0.500. The number of amides is 1. The van der Waals surface area contributed by atoms with Crippen LogP contribution in [0.25, 0.3) is 0 Å². The molecule has 24 heavy (non-hydrogen) atoms. The highest BCUT2D eigenvalue weighted by molar-refractivity contribution is 7.99. The van der Waals surface area contributed by atoms with E-state index in [4.69, 9.17) is 4.74 Å². The molecule has 0 spiro atoms. The Balaban J connectivity index is 0.00000144. The minimum Gasteiger partial charge on any atom is -0.374 e. The van der Waals surface area contributed by atoms with Crippen molar-refractivity contribution >= 4 is 42.5 Å². The van der Waals surface area contributed by atoms with Gasteiger partial charge in [-0.1, -0.05) is 30.3 Å². The van der Waals surface area contributed by atoms with Crippen LogP contribution in [0.4, 0.5) is 0 Å². The first kappa shape index (κ1) is 21.5. The number of nitrogens with one attached hydrogen (secondary N) is 2. The van der Waals surface area contributed by atoms with Crippen molar-refractivity contribution < 1.29 is 9.53 Å². The second kappa shape index (κ2) is 11.2. The van der Waals surface area contributed by atoms with Crippen LogP contribution in [-0.2, 0) is 16.1 Å². The fraction of sp³-hybridized carbons (Fsp3) is 0.562. The molecule has 8 heteroatoms. The topological polar surface area (TPSA) is 53.6 Å². The Labute approximate surface area is 160 Å². The Morgan fingerprint density at radius 1 is 1.33 bits per heavy atom. The van der Waals surface area contributed by atoms with Crippen molar-refractivity contribution in [3.8, 4) is 0 Å². The number of rotatable bonds is 5. The number of benzene rings is 1. The molecule has 0 aromatic heterocycles. The van der Waals surface area contributed by atoms with Gasteiger partial charge in [-0.3, -0.25) is 15.0 Å². The van der Waals surface area contributed by atoms with Crippen LogP contribution in [0.15, 0.2) is 30.3 Å². The van der Waals surface area contributed by atoms with Crippen molar-refractivity contribution in [2.75, 3.05) is 37.9 Å². The van der Waals surface area contributed by atoms with E-state index in [0.29, 0.717) is 6.54 Å². The number of ether oxygens (including phenoxy) is 1. The standard InChI is InChI=1S/C16H23N3O2S.2ClH/c20-16(15-11-22-12-18-15)17-8-14-10-19(6-7-21-14)9-13-4-2-1-3-5-13;;/h1-5,14-15,18H,6-12H2,(H,17,20);2*1H. The van der Waals surface area contributed by atoms with E-state index in [2.05, 4.69) is 39.8 Å². The maximum absolute atomic E-state index is 12.0. The zero-order valence-electron chi connectivity index (χ0n) is 13.5. The fourth-order valence-electron chi connectivity index (χ4n) is 2.79. The van der Waals surface area contributed by atoms with E-state index in [0.717, 1.165) is 37.9 Å². The molecule has 2 N–H and O–H groups in total.